The molecule has 23 heavy (non-hydrogen) atoms. The Morgan fingerprint density at radius 1 is 1.22 bits per heavy atom. The van der Waals surface area contributed by atoms with Gasteiger partial charge in [-0.05, 0) is 38.7 Å². The van der Waals surface area contributed by atoms with Gasteiger partial charge in [0.25, 0.3) is 10.2 Å². The van der Waals surface area contributed by atoms with Gasteiger partial charge >= 0.3 is 0 Å². The van der Waals surface area contributed by atoms with Gasteiger partial charge in [0, 0.05) is 32.7 Å². The molecule has 0 amide bonds. The van der Waals surface area contributed by atoms with E-state index in [1.807, 2.05) is 18.2 Å². The maximum Gasteiger partial charge on any atom is 0.278 e. The van der Waals surface area contributed by atoms with Crippen molar-refractivity contribution in [2.75, 3.05) is 27.2 Å². The van der Waals surface area contributed by atoms with Crippen molar-refractivity contribution in [2.45, 2.75) is 44.1 Å². The lowest BCUT2D eigenvalue weighted by Crippen LogP contribution is -2.46. The van der Waals surface area contributed by atoms with Gasteiger partial charge < -0.3 is 4.74 Å². The Morgan fingerprint density at radius 3 is 2.43 bits per heavy atom. The average molecular weight is 340 g/mol. The Kier molecular flexibility index (Phi) is 5.51. The van der Waals surface area contributed by atoms with Gasteiger partial charge in [0.15, 0.2) is 0 Å². The van der Waals surface area contributed by atoms with Gasteiger partial charge in [-0.15, -0.1) is 0 Å². The molecule has 1 N–H and O–H groups in total. The number of nitrogens with one attached hydrogen (secondary N) is 1. The zero-order valence-corrected chi connectivity index (χ0v) is 15.3. The Hall–Kier alpha value is -0.950. The molecule has 1 aromatic carbocycles. The van der Waals surface area contributed by atoms with Crippen molar-refractivity contribution >= 4 is 10.2 Å². The summed E-state index contributed by atoms with van der Waals surface area (Å²) < 4.78 is 33.6. The first kappa shape index (κ1) is 18.4. The normalized spacial score (nSPS) is 24.7. The molecule has 0 bridgehead atoms. The van der Waals surface area contributed by atoms with Crippen LogP contribution in [-0.4, -0.2) is 45.6 Å². The number of benzene rings is 1. The molecule has 1 unspecified atom stereocenters. The largest absolute Gasteiger partial charge is 0.376 e. The molecule has 1 atom stereocenters. The number of rotatable bonds is 6. The molecule has 1 fully saturated rings. The molecule has 5 nitrogen and oxygen atoms in total. The fourth-order valence-corrected chi connectivity index (χ4v) is 4.04. The van der Waals surface area contributed by atoms with E-state index in [-0.39, 0.29) is 11.0 Å². The maximum absolute atomic E-state index is 11.9. The number of nitrogens with zero attached hydrogens (tertiary/aromatic N) is 1. The summed E-state index contributed by atoms with van der Waals surface area (Å²) in [6.45, 7) is 5.33. The smallest absolute Gasteiger partial charge is 0.278 e. The Balaban J connectivity index is 2.19. The van der Waals surface area contributed by atoms with Crippen LogP contribution in [0.25, 0.3) is 0 Å². The van der Waals surface area contributed by atoms with Crippen molar-refractivity contribution in [2.24, 2.45) is 0 Å². The fraction of sp³-hybridized carbons (Fsp3) is 0.647. The van der Waals surface area contributed by atoms with E-state index in [9.17, 15) is 8.42 Å². The summed E-state index contributed by atoms with van der Waals surface area (Å²) in [7, 11) is -0.315. The van der Waals surface area contributed by atoms with Crippen LogP contribution < -0.4 is 4.72 Å². The molecule has 1 aromatic rings. The minimum atomic E-state index is -3.38. The molecule has 130 valence electrons. The van der Waals surface area contributed by atoms with Crippen LogP contribution in [0.2, 0.25) is 0 Å². The summed E-state index contributed by atoms with van der Waals surface area (Å²) in [5.74, 6) is 0. The van der Waals surface area contributed by atoms with E-state index in [4.69, 9.17) is 4.74 Å². The zero-order chi connectivity index (χ0) is 17.1. The molecule has 0 spiro atoms. The van der Waals surface area contributed by atoms with Crippen LogP contribution in [0.4, 0.5) is 0 Å². The molecule has 2 rings (SSSR count). The van der Waals surface area contributed by atoms with Gasteiger partial charge in [-0.3, -0.25) is 0 Å². The second-order valence-electron chi connectivity index (χ2n) is 7.11. The van der Waals surface area contributed by atoms with Crippen molar-refractivity contribution in [3.63, 3.8) is 0 Å². The van der Waals surface area contributed by atoms with Crippen molar-refractivity contribution < 1.29 is 13.2 Å². The predicted molar refractivity (Wildman–Crippen MR) is 92.6 cm³/mol. The third kappa shape index (κ3) is 4.53. The second kappa shape index (κ2) is 6.89. The van der Waals surface area contributed by atoms with Gasteiger partial charge in [-0.1, -0.05) is 30.3 Å². The van der Waals surface area contributed by atoms with Crippen LogP contribution >= 0.6 is 0 Å². The van der Waals surface area contributed by atoms with E-state index in [1.165, 1.54) is 24.0 Å². The van der Waals surface area contributed by atoms with E-state index >= 15 is 0 Å². The van der Waals surface area contributed by atoms with Gasteiger partial charge in [-0.25, -0.2) is 4.72 Å². The SMILES string of the molecule is CN(C)S(=O)(=O)NCCC1(c2ccccc2)CCOC(C)(C)C1. The van der Waals surface area contributed by atoms with Crippen molar-refractivity contribution in [1.29, 1.82) is 0 Å². The van der Waals surface area contributed by atoms with E-state index in [0.717, 1.165) is 19.3 Å². The first-order valence-corrected chi connectivity index (χ1v) is 9.48. The topological polar surface area (TPSA) is 58.6 Å². The molecule has 0 saturated carbocycles. The number of hydrogen-bond acceptors (Lipinski definition) is 3. The van der Waals surface area contributed by atoms with Crippen LogP contribution in [0.3, 0.4) is 0 Å². The summed E-state index contributed by atoms with van der Waals surface area (Å²) in [5, 5.41) is 0. The molecule has 0 radical (unpaired) electrons. The highest BCUT2D eigenvalue weighted by Gasteiger charge is 2.41. The zero-order valence-electron chi connectivity index (χ0n) is 14.5. The molecule has 1 aliphatic rings. The van der Waals surface area contributed by atoms with Gasteiger partial charge in [0.2, 0.25) is 0 Å². The van der Waals surface area contributed by atoms with Gasteiger partial charge in [0.1, 0.15) is 0 Å². The summed E-state index contributed by atoms with van der Waals surface area (Å²) in [6.07, 6.45) is 2.55. The monoisotopic (exact) mass is 340 g/mol. The van der Waals surface area contributed by atoms with Crippen LogP contribution in [0.5, 0.6) is 0 Å². The Morgan fingerprint density at radius 2 is 1.87 bits per heavy atom. The molecule has 1 saturated heterocycles. The average Bonchev–Trinajstić information content (AvgIpc) is 2.47. The van der Waals surface area contributed by atoms with Gasteiger partial charge in [0.05, 0.1) is 5.60 Å². The summed E-state index contributed by atoms with van der Waals surface area (Å²) in [4.78, 5) is 0. The Labute approximate surface area is 140 Å². The van der Waals surface area contributed by atoms with Gasteiger partial charge in [-0.2, -0.15) is 12.7 Å². The molecular formula is C17H28N2O3S. The molecular weight excluding hydrogens is 312 g/mol. The lowest BCUT2D eigenvalue weighted by atomic mass is 9.67. The van der Waals surface area contributed by atoms with E-state index in [0.29, 0.717) is 13.2 Å². The van der Waals surface area contributed by atoms with E-state index in [1.54, 1.807) is 0 Å². The third-order valence-electron chi connectivity index (χ3n) is 4.59. The number of hydrogen-bond donors (Lipinski definition) is 1. The highest BCUT2D eigenvalue weighted by Crippen LogP contribution is 2.43. The first-order chi connectivity index (χ1) is 10.7. The molecule has 0 aliphatic carbocycles. The molecule has 1 heterocycles. The molecule has 6 heteroatoms. The Bertz CT molecular complexity index is 614. The second-order valence-corrected chi connectivity index (χ2v) is 9.08. The van der Waals surface area contributed by atoms with Crippen molar-refractivity contribution in [3.05, 3.63) is 35.9 Å². The van der Waals surface area contributed by atoms with Crippen molar-refractivity contribution in [1.82, 2.24) is 9.03 Å². The quantitative estimate of drug-likeness (QED) is 0.864. The lowest BCUT2D eigenvalue weighted by Gasteiger charge is -2.45. The fourth-order valence-electron chi connectivity index (χ4n) is 3.42. The maximum atomic E-state index is 11.9. The first-order valence-electron chi connectivity index (χ1n) is 8.04. The summed E-state index contributed by atoms with van der Waals surface area (Å²) in [6, 6.07) is 10.4. The predicted octanol–water partition coefficient (Wildman–Crippen LogP) is 2.30. The highest BCUT2D eigenvalue weighted by molar-refractivity contribution is 7.87. The van der Waals surface area contributed by atoms with E-state index < -0.39 is 10.2 Å². The van der Waals surface area contributed by atoms with Crippen LogP contribution in [0.1, 0.15) is 38.7 Å². The molecule has 1 aliphatic heterocycles. The van der Waals surface area contributed by atoms with E-state index in [2.05, 4.69) is 30.7 Å². The van der Waals surface area contributed by atoms with Crippen LogP contribution in [0.15, 0.2) is 30.3 Å². The third-order valence-corrected chi connectivity index (χ3v) is 6.12. The standard InChI is InChI=1S/C17H28N2O3S/c1-16(2)14-17(11-13-22-16,15-8-6-5-7-9-15)10-12-18-23(20,21)19(3)4/h5-9,18H,10-14H2,1-4H3. The highest BCUT2D eigenvalue weighted by atomic mass is 32.2. The molecule has 0 aromatic heterocycles. The minimum absolute atomic E-state index is 0.0577. The lowest BCUT2D eigenvalue weighted by molar-refractivity contribution is -0.0838. The van der Waals surface area contributed by atoms with Crippen LogP contribution in [-0.2, 0) is 20.4 Å². The van der Waals surface area contributed by atoms with Crippen molar-refractivity contribution in [3.8, 4) is 0 Å². The summed E-state index contributed by atoms with van der Waals surface area (Å²) >= 11 is 0. The summed E-state index contributed by atoms with van der Waals surface area (Å²) in [5.41, 5.74) is 1.01. The van der Waals surface area contributed by atoms with Crippen LogP contribution in [0, 0.1) is 0 Å². The number of ether oxygens (including phenoxy) is 1. The minimum Gasteiger partial charge on any atom is -0.376 e.